The lowest BCUT2D eigenvalue weighted by molar-refractivity contribution is 0.108. The zero-order chi connectivity index (χ0) is 13.5. The molecule has 5 nitrogen and oxygen atoms in total. The smallest absolute Gasteiger partial charge is 0.407 e. The van der Waals surface area contributed by atoms with Crippen LogP contribution in [0.4, 0.5) is 4.79 Å². The number of aliphatic hydroxyl groups excluding tert-OH is 1. The lowest BCUT2D eigenvalue weighted by Crippen LogP contribution is -2.38. The zero-order valence-electron chi connectivity index (χ0n) is 11.1. The number of alkyl carbamates (subject to hydrolysis) is 1. The van der Waals surface area contributed by atoms with Crippen LogP contribution >= 0.6 is 0 Å². The van der Waals surface area contributed by atoms with Crippen molar-refractivity contribution in [1.82, 2.24) is 5.32 Å². The van der Waals surface area contributed by atoms with Gasteiger partial charge in [0.05, 0.1) is 12.6 Å². The van der Waals surface area contributed by atoms with Gasteiger partial charge < -0.3 is 19.9 Å². The largest absolute Gasteiger partial charge is 0.445 e. The summed E-state index contributed by atoms with van der Waals surface area (Å²) in [4.78, 5) is 11.2. The molecule has 0 aromatic rings. The Labute approximate surface area is 104 Å². The zero-order valence-corrected chi connectivity index (χ0v) is 11.1. The standard InChI is InChI=1S/C11H21NO3.CH4O/c1-4-7-10(9-14-6-3)12-11(13)15-8-5-2;1-2/h5,10H,2,4,6-9H2,1,3H3,(H,12,13);2H,1H3. The molecule has 1 atom stereocenters. The molecule has 0 aliphatic heterocycles. The highest BCUT2D eigenvalue weighted by atomic mass is 16.5. The minimum Gasteiger partial charge on any atom is -0.445 e. The van der Waals surface area contributed by atoms with E-state index in [1.165, 1.54) is 6.08 Å². The number of rotatable bonds is 8. The molecular formula is C12H25NO4. The van der Waals surface area contributed by atoms with Gasteiger partial charge in [-0.3, -0.25) is 0 Å². The summed E-state index contributed by atoms with van der Waals surface area (Å²) in [6.45, 7) is 8.89. The fraction of sp³-hybridized carbons (Fsp3) is 0.750. The molecule has 0 spiro atoms. The van der Waals surface area contributed by atoms with Crippen molar-refractivity contribution in [2.75, 3.05) is 26.9 Å². The van der Waals surface area contributed by atoms with E-state index in [4.69, 9.17) is 14.6 Å². The molecule has 5 heteroatoms. The van der Waals surface area contributed by atoms with Crippen LogP contribution in [0.15, 0.2) is 12.7 Å². The Morgan fingerprint density at radius 3 is 2.59 bits per heavy atom. The lowest BCUT2D eigenvalue weighted by atomic mass is 10.2. The van der Waals surface area contributed by atoms with Crippen molar-refractivity contribution in [3.05, 3.63) is 12.7 Å². The molecule has 0 aromatic heterocycles. The predicted octanol–water partition coefficient (Wildman–Crippen LogP) is 1.71. The van der Waals surface area contributed by atoms with Crippen molar-refractivity contribution >= 4 is 6.09 Å². The van der Waals surface area contributed by atoms with E-state index in [0.29, 0.717) is 13.2 Å². The van der Waals surface area contributed by atoms with Crippen LogP contribution in [0.25, 0.3) is 0 Å². The summed E-state index contributed by atoms with van der Waals surface area (Å²) in [6.07, 6.45) is 3.02. The number of aliphatic hydroxyl groups is 1. The van der Waals surface area contributed by atoms with Crippen molar-refractivity contribution in [1.29, 1.82) is 0 Å². The highest BCUT2D eigenvalue weighted by molar-refractivity contribution is 5.67. The van der Waals surface area contributed by atoms with Gasteiger partial charge in [0.1, 0.15) is 6.61 Å². The number of ether oxygens (including phenoxy) is 2. The van der Waals surface area contributed by atoms with Crippen LogP contribution in [-0.4, -0.2) is 44.2 Å². The Kier molecular flexibility index (Phi) is 16.1. The Hall–Kier alpha value is -1.07. The molecule has 0 fully saturated rings. The number of hydrogen-bond donors (Lipinski definition) is 2. The molecule has 0 rings (SSSR count). The Balaban J connectivity index is 0. The Morgan fingerprint density at radius 2 is 2.12 bits per heavy atom. The van der Waals surface area contributed by atoms with E-state index in [0.717, 1.165) is 20.0 Å². The Morgan fingerprint density at radius 1 is 1.47 bits per heavy atom. The summed E-state index contributed by atoms with van der Waals surface area (Å²) in [6, 6.07) is 0.0345. The quantitative estimate of drug-likeness (QED) is 0.641. The van der Waals surface area contributed by atoms with Crippen LogP contribution in [-0.2, 0) is 9.47 Å². The normalized spacial score (nSPS) is 10.8. The van der Waals surface area contributed by atoms with Crippen LogP contribution in [0.3, 0.4) is 0 Å². The third-order valence-corrected chi connectivity index (χ3v) is 1.81. The molecule has 2 N–H and O–H groups in total. The highest BCUT2D eigenvalue weighted by Crippen LogP contribution is 1.98. The van der Waals surface area contributed by atoms with Crippen LogP contribution in [0.1, 0.15) is 26.7 Å². The molecule has 0 aromatic carbocycles. The van der Waals surface area contributed by atoms with Crippen molar-refractivity contribution in [2.45, 2.75) is 32.7 Å². The van der Waals surface area contributed by atoms with Gasteiger partial charge in [-0.05, 0) is 13.3 Å². The topological polar surface area (TPSA) is 67.8 Å². The van der Waals surface area contributed by atoms with Crippen LogP contribution in [0.2, 0.25) is 0 Å². The summed E-state index contributed by atoms with van der Waals surface area (Å²) in [5.41, 5.74) is 0. The highest BCUT2D eigenvalue weighted by Gasteiger charge is 2.11. The van der Waals surface area contributed by atoms with E-state index in [1.807, 2.05) is 6.92 Å². The van der Waals surface area contributed by atoms with E-state index in [2.05, 4.69) is 18.8 Å². The van der Waals surface area contributed by atoms with Gasteiger partial charge in [0.15, 0.2) is 0 Å². The number of carbonyl (C=O) groups is 1. The second kappa shape index (κ2) is 14.9. The van der Waals surface area contributed by atoms with E-state index >= 15 is 0 Å². The minimum atomic E-state index is -0.409. The fourth-order valence-electron chi connectivity index (χ4n) is 1.15. The summed E-state index contributed by atoms with van der Waals surface area (Å²) < 4.78 is 10.1. The number of amides is 1. The lowest BCUT2D eigenvalue weighted by Gasteiger charge is -2.17. The minimum absolute atomic E-state index is 0.0345. The monoisotopic (exact) mass is 247 g/mol. The molecule has 102 valence electrons. The molecule has 0 saturated carbocycles. The molecule has 1 amide bonds. The molecule has 17 heavy (non-hydrogen) atoms. The second-order valence-corrected chi connectivity index (χ2v) is 3.18. The summed E-state index contributed by atoms with van der Waals surface area (Å²) in [5.74, 6) is 0. The van der Waals surface area contributed by atoms with Gasteiger partial charge >= 0.3 is 6.09 Å². The van der Waals surface area contributed by atoms with Crippen LogP contribution < -0.4 is 5.32 Å². The maximum Gasteiger partial charge on any atom is 0.407 e. The maximum absolute atomic E-state index is 11.2. The first kappa shape index (κ1) is 18.3. The Bertz CT molecular complexity index is 185. The molecule has 0 radical (unpaired) electrons. The SMILES string of the molecule is C=CCOC(=O)NC(CCC)COCC.CO. The molecule has 0 saturated heterocycles. The molecule has 0 bridgehead atoms. The number of carbonyl (C=O) groups excluding carboxylic acids is 1. The third kappa shape index (κ3) is 12.9. The van der Waals surface area contributed by atoms with E-state index in [-0.39, 0.29) is 12.6 Å². The summed E-state index contributed by atoms with van der Waals surface area (Å²) in [7, 11) is 1.00. The van der Waals surface area contributed by atoms with Crippen molar-refractivity contribution in [3.63, 3.8) is 0 Å². The van der Waals surface area contributed by atoms with E-state index < -0.39 is 6.09 Å². The number of nitrogens with one attached hydrogen (secondary N) is 1. The first-order chi connectivity index (χ1) is 8.24. The van der Waals surface area contributed by atoms with Crippen molar-refractivity contribution < 1.29 is 19.4 Å². The predicted molar refractivity (Wildman–Crippen MR) is 68.0 cm³/mol. The first-order valence-electron chi connectivity index (χ1n) is 5.81. The van der Waals surface area contributed by atoms with Gasteiger partial charge in [0.25, 0.3) is 0 Å². The van der Waals surface area contributed by atoms with Gasteiger partial charge in [-0.15, -0.1) is 0 Å². The fourth-order valence-corrected chi connectivity index (χ4v) is 1.15. The first-order valence-corrected chi connectivity index (χ1v) is 5.81. The van der Waals surface area contributed by atoms with E-state index in [1.54, 1.807) is 0 Å². The van der Waals surface area contributed by atoms with Gasteiger partial charge in [-0.1, -0.05) is 26.0 Å². The van der Waals surface area contributed by atoms with Crippen molar-refractivity contribution in [3.8, 4) is 0 Å². The van der Waals surface area contributed by atoms with Gasteiger partial charge in [0.2, 0.25) is 0 Å². The van der Waals surface area contributed by atoms with Crippen molar-refractivity contribution in [2.24, 2.45) is 0 Å². The second-order valence-electron chi connectivity index (χ2n) is 3.18. The maximum atomic E-state index is 11.2. The van der Waals surface area contributed by atoms with Crippen LogP contribution in [0, 0.1) is 0 Å². The average molecular weight is 247 g/mol. The van der Waals surface area contributed by atoms with Crippen LogP contribution in [0.5, 0.6) is 0 Å². The average Bonchev–Trinajstić information content (AvgIpc) is 2.36. The summed E-state index contributed by atoms with van der Waals surface area (Å²) in [5, 5.41) is 9.75. The molecule has 1 unspecified atom stereocenters. The molecular weight excluding hydrogens is 222 g/mol. The molecule has 0 aliphatic carbocycles. The summed E-state index contributed by atoms with van der Waals surface area (Å²) >= 11 is 0. The van der Waals surface area contributed by atoms with Gasteiger partial charge in [-0.25, -0.2) is 4.79 Å². The van der Waals surface area contributed by atoms with E-state index in [9.17, 15) is 4.79 Å². The van der Waals surface area contributed by atoms with Gasteiger partial charge in [0, 0.05) is 13.7 Å². The third-order valence-electron chi connectivity index (χ3n) is 1.81. The van der Waals surface area contributed by atoms with Gasteiger partial charge in [-0.2, -0.15) is 0 Å². The molecule has 0 aliphatic rings. The number of hydrogen-bond acceptors (Lipinski definition) is 4. The molecule has 0 heterocycles.